The minimum absolute atomic E-state index is 0. The second-order valence-corrected chi connectivity index (χ2v) is 6.63. The van der Waals surface area contributed by atoms with Gasteiger partial charge >= 0.3 is 0 Å². The van der Waals surface area contributed by atoms with Gasteiger partial charge in [-0.3, -0.25) is 0 Å². The molecule has 1 aromatic carbocycles. The minimum atomic E-state index is 0. The molecule has 0 radical (unpaired) electrons. The Balaban J connectivity index is 0.00000144. The Morgan fingerprint density at radius 1 is 1.24 bits per heavy atom. The zero-order valence-electron chi connectivity index (χ0n) is 10.7. The molecule has 1 heterocycles. The summed E-state index contributed by atoms with van der Waals surface area (Å²) >= 11 is 3.63. The molecule has 0 aromatic heterocycles. The van der Waals surface area contributed by atoms with E-state index in [1.165, 1.54) is 22.0 Å². The minimum Gasteiger partial charge on any atom is -0.316 e. The highest BCUT2D eigenvalue weighted by Gasteiger charge is 2.20. The Hall–Kier alpha value is -0.0500. The summed E-state index contributed by atoms with van der Waals surface area (Å²) in [5.74, 6) is 0.693. The summed E-state index contributed by atoms with van der Waals surface area (Å²) < 4.78 is 1.21. The van der Waals surface area contributed by atoms with Crippen LogP contribution in [0.4, 0.5) is 0 Å². The molecular weight excluding hydrogens is 298 g/mol. The van der Waals surface area contributed by atoms with Crippen molar-refractivity contribution in [2.75, 3.05) is 13.1 Å². The normalized spacial score (nSPS) is 20.1. The summed E-state index contributed by atoms with van der Waals surface area (Å²) in [6.45, 7) is 9.09. The summed E-state index contributed by atoms with van der Waals surface area (Å²) in [5.41, 5.74) is 3.12. The molecule has 1 unspecified atom stereocenters. The van der Waals surface area contributed by atoms with Gasteiger partial charge in [0.2, 0.25) is 0 Å². The Morgan fingerprint density at radius 2 is 1.94 bits per heavy atom. The fourth-order valence-corrected chi connectivity index (χ4v) is 2.73. The molecule has 1 aliphatic rings. The van der Waals surface area contributed by atoms with Crippen LogP contribution in [0.25, 0.3) is 0 Å². The molecule has 0 saturated carbocycles. The van der Waals surface area contributed by atoms with Crippen molar-refractivity contribution >= 4 is 28.3 Å². The number of nitrogens with one attached hydrogen (secondary N) is 1. The quantitative estimate of drug-likeness (QED) is 0.816. The van der Waals surface area contributed by atoms with Gasteiger partial charge in [-0.1, -0.05) is 42.8 Å². The van der Waals surface area contributed by atoms with E-state index in [-0.39, 0.29) is 17.8 Å². The first kappa shape index (κ1) is 15.0. The third kappa shape index (κ3) is 3.70. The lowest BCUT2D eigenvalue weighted by atomic mass is 9.84. The predicted molar refractivity (Wildman–Crippen MR) is 80.3 cm³/mol. The number of halogens is 2. The summed E-state index contributed by atoms with van der Waals surface area (Å²) in [6.07, 6.45) is 1.26. The Bertz CT molecular complexity index is 378. The third-order valence-electron chi connectivity index (χ3n) is 3.32. The SMILES string of the molecule is CC(C)(C)c1cc(Br)cc(C2CCNC2)c1.Cl. The molecule has 1 fully saturated rings. The van der Waals surface area contributed by atoms with Crippen molar-refractivity contribution in [3.8, 4) is 0 Å². The fourth-order valence-electron chi connectivity index (χ4n) is 2.22. The lowest BCUT2D eigenvalue weighted by molar-refractivity contribution is 0.587. The first-order chi connectivity index (χ1) is 7.47. The van der Waals surface area contributed by atoms with Crippen LogP contribution >= 0.6 is 28.3 Å². The molecule has 0 aliphatic carbocycles. The lowest BCUT2D eigenvalue weighted by Crippen LogP contribution is -2.13. The second-order valence-electron chi connectivity index (χ2n) is 5.71. The molecule has 1 saturated heterocycles. The Morgan fingerprint density at radius 3 is 2.47 bits per heavy atom. The molecule has 96 valence electrons. The van der Waals surface area contributed by atoms with Gasteiger partial charge in [-0.2, -0.15) is 0 Å². The molecule has 1 nitrogen and oxygen atoms in total. The zero-order chi connectivity index (χ0) is 11.8. The van der Waals surface area contributed by atoms with E-state index >= 15 is 0 Å². The van der Waals surface area contributed by atoms with Crippen molar-refractivity contribution in [1.29, 1.82) is 0 Å². The van der Waals surface area contributed by atoms with Crippen LogP contribution in [0.5, 0.6) is 0 Å². The predicted octanol–water partition coefficient (Wildman–Crippen LogP) is 4.25. The van der Waals surface area contributed by atoms with Gasteiger partial charge in [0.15, 0.2) is 0 Å². The van der Waals surface area contributed by atoms with Gasteiger partial charge in [0.05, 0.1) is 0 Å². The van der Waals surface area contributed by atoms with E-state index in [9.17, 15) is 0 Å². The number of benzene rings is 1. The molecule has 0 spiro atoms. The summed E-state index contributed by atoms with van der Waals surface area (Å²) in [4.78, 5) is 0. The van der Waals surface area contributed by atoms with Crippen molar-refractivity contribution in [2.45, 2.75) is 38.5 Å². The molecule has 2 rings (SSSR count). The van der Waals surface area contributed by atoms with Crippen molar-refractivity contribution < 1.29 is 0 Å². The van der Waals surface area contributed by atoms with Crippen LogP contribution in [-0.4, -0.2) is 13.1 Å². The van der Waals surface area contributed by atoms with Crippen molar-refractivity contribution in [1.82, 2.24) is 5.32 Å². The molecule has 3 heteroatoms. The molecule has 1 aliphatic heterocycles. The third-order valence-corrected chi connectivity index (χ3v) is 3.78. The first-order valence-electron chi connectivity index (χ1n) is 5.98. The van der Waals surface area contributed by atoms with Crippen LogP contribution < -0.4 is 5.32 Å². The first-order valence-corrected chi connectivity index (χ1v) is 6.78. The maximum absolute atomic E-state index is 3.63. The fraction of sp³-hybridized carbons (Fsp3) is 0.571. The van der Waals surface area contributed by atoms with Crippen LogP contribution in [0.15, 0.2) is 22.7 Å². The molecule has 1 aromatic rings. The molecule has 17 heavy (non-hydrogen) atoms. The van der Waals surface area contributed by atoms with Crippen molar-refractivity contribution in [3.63, 3.8) is 0 Å². The second kappa shape index (κ2) is 5.73. The summed E-state index contributed by atoms with van der Waals surface area (Å²) in [6, 6.07) is 6.89. The zero-order valence-corrected chi connectivity index (χ0v) is 13.1. The van der Waals surface area contributed by atoms with E-state index < -0.39 is 0 Å². The van der Waals surface area contributed by atoms with E-state index in [0.717, 1.165) is 13.1 Å². The van der Waals surface area contributed by atoms with E-state index in [0.29, 0.717) is 5.92 Å². The summed E-state index contributed by atoms with van der Waals surface area (Å²) in [5, 5.41) is 3.43. The van der Waals surface area contributed by atoms with Crippen LogP contribution in [0.2, 0.25) is 0 Å². The van der Waals surface area contributed by atoms with Gasteiger partial charge < -0.3 is 5.32 Å². The van der Waals surface area contributed by atoms with Crippen LogP contribution in [0.3, 0.4) is 0 Å². The van der Waals surface area contributed by atoms with Gasteiger partial charge in [0.25, 0.3) is 0 Å². The van der Waals surface area contributed by atoms with Gasteiger partial charge in [0, 0.05) is 11.0 Å². The van der Waals surface area contributed by atoms with E-state index in [1.54, 1.807) is 0 Å². The highest BCUT2D eigenvalue weighted by molar-refractivity contribution is 9.10. The average Bonchev–Trinajstić information content (AvgIpc) is 2.68. The largest absolute Gasteiger partial charge is 0.316 e. The lowest BCUT2D eigenvalue weighted by Gasteiger charge is -2.22. The Labute approximate surface area is 119 Å². The van der Waals surface area contributed by atoms with Crippen LogP contribution in [0.1, 0.15) is 44.2 Å². The number of hydrogen-bond acceptors (Lipinski definition) is 1. The van der Waals surface area contributed by atoms with E-state index in [4.69, 9.17) is 0 Å². The van der Waals surface area contributed by atoms with Gasteiger partial charge in [0.1, 0.15) is 0 Å². The smallest absolute Gasteiger partial charge is 0.0181 e. The standard InChI is InChI=1S/C14H20BrN.ClH/c1-14(2,3)12-6-11(7-13(15)8-12)10-4-5-16-9-10;/h6-8,10,16H,4-5,9H2,1-3H3;1H. The van der Waals surface area contributed by atoms with Crippen molar-refractivity contribution in [3.05, 3.63) is 33.8 Å². The molecule has 1 atom stereocenters. The monoisotopic (exact) mass is 317 g/mol. The molecule has 0 bridgehead atoms. The van der Waals surface area contributed by atoms with Gasteiger partial charge in [-0.15, -0.1) is 12.4 Å². The highest BCUT2D eigenvalue weighted by Crippen LogP contribution is 2.31. The highest BCUT2D eigenvalue weighted by atomic mass is 79.9. The molecular formula is C14H21BrClN. The van der Waals surface area contributed by atoms with Crippen LogP contribution in [0, 0.1) is 0 Å². The molecule has 0 amide bonds. The van der Waals surface area contributed by atoms with E-state index in [1.807, 2.05) is 0 Å². The van der Waals surface area contributed by atoms with Crippen LogP contribution in [-0.2, 0) is 5.41 Å². The molecule has 1 N–H and O–H groups in total. The number of hydrogen-bond donors (Lipinski definition) is 1. The maximum Gasteiger partial charge on any atom is 0.0181 e. The van der Waals surface area contributed by atoms with E-state index in [2.05, 4.69) is 60.2 Å². The van der Waals surface area contributed by atoms with Gasteiger partial charge in [-0.05, 0) is 47.6 Å². The topological polar surface area (TPSA) is 12.0 Å². The average molecular weight is 319 g/mol. The summed E-state index contributed by atoms with van der Waals surface area (Å²) in [7, 11) is 0. The Kier molecular flexibility index (Phi) is 5.06. The van der Waals surface area contributed by atoms with Crippen molar-refractivity contribution in [2.24, 2.45) is 0 Å². The number of rotatable bonds is 1. The maximum atomic E-state index is 3.63. The van der Waals surface area contributed by atoms with Gasteiger partial charge in [-0.25, -0.2) is 0 Å².